The maximum absolute atomic E-state index is 12.2. The molecule has 3 nitrogen and oxygen atoms in total. The standard InChI is InChI=1S/C15H16N2O/c1-3-15(2)8-10-6-4-5-7-11(10)13-12(15)14(18)17-9-16-13/h4-7,9H,3,8H2,1-2H3,(H,16,17,18)/t15-/m0/s1. The minimum atomic E-state index is -0.120. The van der Waals surface area contributed by atoms with Crippen molar-refractivity contribution in [2.24, 2.45) is 0 Å². The first-order valence-corrected chi connectivity index (χ1v) is 6.32. The molecule has 0 radical (unpaired) electrons. The molecule has 1 atom stereocenters. The molecular formula is C15H16N2O. The minimum Gasteiger partial charge on any atom is -0.313 e. The van der Waals surface area contributed by atoms with Gasteiger partial charge in [-0.1, -0.05) is 38.1 Å². The number of aromatic nitrogens is 2. The van der Waals surface area contributed by atoms with Gasteiger partial charge in [-0.25, -0.2) is 4.98 Å². The summed E-state index contributed by atoms with van der Waals surface area (Å²) in [7, 11) is 0. The normalized spacial score (nSPS) is 21.2. The lowest BCUT2D eigenvalue weighted by molar-refractivity contribution is 0.440. The van der Waals surface area contributed by atoms with Crippen LogP contribution >= 0.6 is 0 Å². The van der Waals surface area contributed by atoms with Gasteiger partial charge in [-0.15, -0.1) is 0 Å². The molecule has 0 fully saturated rings. The second kappa shape index (κ2) is 3.80. The van der Waals surface area contributed by atoms with Crippen LogP contribution in [0.15, 0.2) is 35.4 Å². The van der Waals surface area contributed by atoms with Crippen LogP contribution in [0.5, 0.6) is 0 Å². The fraction of sp³-hybridized carbons (Fsp3) is 0.333. The number of benzene rings is 1. The molecule has 1 aromatic carbocycles. The third-order valence-corrected chi connectivity index (χ3v) is 4.09. The smallest absolute Gasteiger partial charge is 0.255 e. The Morgan fingerprint density at radius 3 is 2.94 bits per heavy atom. The van der Waals surface area contributed by atoms with Crippen LogP contribution < -0.4 is 5.56 Å². The Morgan fingerprint density at radius 1 is 1.39 bits per heavy atom. The monoisotopic (exact) mass is 240 g/mol. The molecule has 0 bridgehead atoms. The third-order valence-electron chi connectivity index (χ3n) is 4.09. The summed E-state index contributed by atoms with van der Waals surface area (Å²) in [6.07, 6.45) is 3.34. The van der Waals surface area contributed by atoms with Crippen molar-refractivity contribution in [3.8, 4) is 11.3 Å². The first-order chi connectivity index (χ1) is 8.65. The van der Waals surface area contributed by atoms with Crippen molar-refractivity contribution in [2.45, 2.75) is 32.1 Å². The van der Waals surface area contributed by atoms with Crippen LogP contribution in [0.4, 0.5) is 0 Å². The van der Waals surface area contributed by atoms with Gasteiger partial charge >= 0.3 is 0 Å². The Hall–Kier alpha value is -1.90. The predicted molar refractivity (Wildman–Crippen MR) is 71.6 cm³/mol. The molecule has 1 aliphatic rings. The molecule has 0 saturated heterocycles. The summed E-state index contributed by atoms with van der Waals surface area (Å²) in [5, 5.41) is 0. The number of aromatic amines is 1. The van der Waals surface area contributed by atoms with Crippen molar-refractivity contribution in [3.05, 3.63) is 52.1 Å². The molecule has 1 N–H and O–H groups in total. The number of H-pyrrole nitrogens is 1. The maximum atomic E-state index is 12.2. The maximum Gasteiger partial charge on any atom is 0.255 e. The van der Waals surface area contributed by atoms with Gasteiger partial charge in [0.15, 0.2) is 0 Å². The minimum absolute atomic E-state index is 0.00106. The van der Waals surface area contributed by atoms with Gasteiger partial charge in [0.05, 0.1) is 12.0 Å². The van der Waals surface area contributed by atoms with Gasteiger partial charge in [0, 0.05) is 16.5 Å². The molecule has 1 aromatic heterocycles. The summed E-state index contributed by atoms with van der Waals surface area (Å²) >= 11 is 0. The van der Waals surface area contributed by atoms with E-state index in [-0.39, 0.29) is 11.0 Å². The van der Waals surface area contributed by atoms with E-state index in [1.807, 2.05) is 12.1 Å². The van der Waals surface area contributed by atoms with Crippen molar-refractivity contribution in [1.82, 2.24) is 9.97 Å². The highest BCUT2D eigenvalue weighted by atomic mass is 16.1. The lowest BCUT2D eigenvalue weighted by atomic mass is 9.69. The molecule has 0 spiro atoms. The lowest BCUT2D eigenvalue weighted by Crippen LogP contribution is -2.36. The molecule has 3 rings (SSSR count). The van der Waals surface area contributed by atoms with Crippen LogP contribution in [0.2, 0.25) is 0 Å². The Balaban J connectivity index is 2.39. The number of hydrogen-bond donors (Lipinski definition) is 1. The van der Waals surface area contributed by atoms with Crippen LogP contribution in [-0.4, -0.2) is 9.97 Å². The first-order valence-electron chi connectivity index (χ1n) is 6.32. The molecule has 3 heteroatoms. The predicted octanol–water partition coefficient (Wildman–Crippen LogP) is 2.66. The highest BCUT2D eigenvalue weighted by molar-refractivity contribution is 5.71. The average Bonchev–Trinajstić information content (AvgIpc) is 2.39. The highest BCUT2D eigenvalue weighted by Crippen LogP contribution is 2.41. The zero-order chi connectivity index (χ0) is 12.8. The van der Waals surface area contributed by atoms with Crippen molar-refractivity contribution in [2.75, 3.05) is 0 Å². The Kier molecular flexibility index (Phi) is 2.37. The van der Waals surface area contributed by atoms with Crippen molar-refractivity contribution >= 4 is 0 Å². The summed E-state index contributed by atoms with van der Waals surface area (Å²) in [5.74, 6) is 0. The Morgan fingerprint density at radius 2 is 2.17 bits per heavy atom. The van der Waals surface area contributed by atoms with E-state index in [1.165, 1.54) is 11.9 Å². The summed E-state index contributed by atoms with van der Waals surface area (Å²) in [4.78, 5) is 19.3. The third kappa shape index (κ3) is 1.43. The molecule has 18 heavy (non-hydrogen) atoms. The Labute approximate surface area is 106 Å². The van der Waals surface area contributed by atoms with E-state index in [2.05, 4.69) is 35.9 Å². The average molecular weight is 240 g/mol. The molecule has 0 aliphatic heterocycles. The Bertz CT molecular complexity index is 660. The van der Waals surface area contributed by atoms with E-state index in [9.17, 15) is 4.79 Å². The lowest BCUT2D eigenvalue weighted by Gasteiger charge is -2.34. The summed E-state index contributed by atoms with van der Waals surface area (Å²) < 4.78 is 0. The van der Waals surface area contributed by atoms with Crippen molar-refractivity contribution < 1.29 is 0 Å². The van der Waals surface area contributed by atoms with Crippen LogP contribution in [0.25, 0.3) is 11.3 Å². The molecular weight excluding hydrogens is 224 g/mol. The van der Waals surface area contributed by atoms with Gasteiger partial charge < -0.3 is 4.98 Å². The summed E-state index contributed by atoms with van der Waals surface area (Å²) in [6.45, 7) is 4.28. The molecule has 92 valence electrons. The van der Waals surface area contributed by atoms with Crippen LogP contribution in [0, 0.1) is 0 Å². The molecule has 2 aromatic rings. The van der Waals surface area contributed by atoms with Crippen LogP contribution in [0.3, 0.4) is 0 Å². The van der Waals surface area contributed by atoms with Gasteiger partial charge in [0.2, 0.25) is 0 Å². The fourth-order valence-electron chi connectivity index (χ4n) is 2.88. The van der Waals surface area contributed by atoms with E-state index in [0.717, 1.165) is 29.7 Å². The molecule has 1 heterocycles. The number of rotatable bonds is 1. The largest absolute Gasteiger partial charge is 0.313 e. The van der Waals surface area contributed by atoms with Crippen LogP contribution in [-0.2, 0) is 11.8 Å². The molecule has 0 saturated carbocycles. The van der Waals surface area contributed by atoms with Gasteiger partial charge in [0.25, 0.3) is 5.56 Å². The zero-order valence-electron chi connectivity index (χ0n) is 10.7. The molecule has 0 unspecified atom stereocenters. The van der Waals surface area contributed by atoms with Gasteiger partial charge in [-0.2, -0.15) is 0 Å². The van der Waals surface area contributed by atoms with Crippen molar-refractivity contribution in [1.29, 1.82) is 0 Å². The zero-order valence-corrected chi connectivity index (χ0v) is 10.7. The fourth-order valence-corrected chi connectivity index (χ4v) is 2.88. The van der Waals surface area contributed by atoms with Gasteiger partial charge in [-0.3, -0.25) is 4.79 Å². The number of nitrogens with one attached hydrogen (secondary N) is 1. The highest BCUT2D eigenvalue weighted by Gasteiger charge is 2.36. The van der Waals surface area contributed by atoms with Gasteiger partial charge in [-0.05, 0) is 18.4 Å². The van der Waals surface area contributed by atoms with E-state index >= 15 is 0 Å². The van der Waals surface area contributed by atoms with E-state index < -0.39 is 0 Å². The number of nitrogens with zero attached hydrogens (tertiary/aromatic N) is 1. The second-order valence-electron chi connectivity index (χ2n) is 5.20. The SMILES string of the molecule is CC[C@@]1(C)Cc2ccccc2-c2nc[nH]c(=O)c21. The first kappa shape index (κ1) is 11.2. The topological polar surface area (TPSA) is 45.8 Å². The van der Waals surface area contributed by atoms with E-state index in [0.29, 0.717) is 0 Å². The van der Waals surface area contributed by atoms with Crippen molar-refractivity contribution in [3.63, 3.8) is 0 Å². The molecule has 1 aliphatic carbocycles. The number of fused-ring (bicyclic) bond motifs is 3. The summed E-state index contributed by atoms with van der Waals surface area (Å²) in [5.41, 5.74) is 3.96. The van der Waals surface area contributed by atoms with Crippen LogP contribution in [0.1, 0.15) is 31.4 Å². The number of hydrogen-bond acceptors (Lipinski definition) is 2. The molecule has 0 amide bonds. The quantitative estimate of drug-likeness (QED) is 0.833. The van der Waals surface area contributed by atoms with Gasteiger partial charge in [0.1, 0.15) is 0 Å². The van der Waals surface area contributed by atoms with E-state index in [4.69, 9.17) is 0 Å². The van der Waals surface area contributed by atoms with E-state index in [1.54, 1.807) is 0 Å². The second-order valence-corrected chi connectivity index (χ2v) is 5.20. The summed E-state index contributed by atoms with van der Waals surface area (Å²) in [6, 6.07) is 8.23.